The van der Waals surface area contributed by atoms with Crippen molar-refractivity contribution in [2.75, 3.05) is 61.3 Å². The van der Waals surface area contributed by atoms with Crippen molar-refractivity contribution < 1.29 is 37.9 Å². The van der Waals surface area contributed by atoms with Crippen molar-refractivity contribution in [1.29, 1.82) is 0 Å². The van der Waals surface area contributed by atoms with Gasteiger partial charge in [0, 0.05) is 19.1 Å². The summed E-state index contributed by atoms with van der Waals surface area (Å²) in [5.74, 6) is 4.70. The first kappa shape index (κ1) is 46.2. The SMILES string of the molecule is COc1ccc(CCOC2CCCCC2C)cc1OC.COc1ccc(CCOC2CCCCC2N2CC[C@@H](OCCc3ccc(OCc4ccccc4)cc3)C2)cc1OC. The molecule has 1 heterocycles. The molecular formula is C52H71NO8. The highest BCUT2D eigenvalue weighted by molar-refractivity contribution is 5.43. The van der Waals surface area contributed by atoms with Crippen LogP contribution in [0, 0.1) is 5.92 Å². The van der Waals surface area contributed by atoms with E-state index in [4.69, 9.17) is 37.9 Å². The minimum Gasteiger partial charge on any atom is -0.493 e. The average Bonchev–Trinajstić information content (AvgIpc) is 3.78. The van der Waals surface area contributed by atoms with Gasteiger partial charge in [-0.3, -0.25) is 4.90 Å². The Morgan fingerprint density at radius 2 is 1.05 bits per heavy atom. The Morgan fingerprint density at radius 1 is 0.508 bits per heavy atom. The van der Waals surface area contributed by atoms with Crippen LogP contribution in [0.3, 0.4) is 0 Å². The third-order valence-corrected chi connectivity index (χ3v) is 12.6. The normalized spacial score (nSPS) is 21.6. The fourth-order valence-electron chi connectivity index (χ4n) is 8.98. The first-order valence-corrected chi connectivity index (χ1v) is 22.7. The highest BCUT2D eigenvalue weighted by Crippen LogP contribution is 2.32. The summed E-state index contributed by atoms with van der Waals surface area (Å²) in [6.45, 7) is 7.25. The topological polar surface area (TPSA) is 77.1 Å². The number of ether oxygens (including phenoxy) is 8. The summed E-state index contributed by atoms with van der Waals surface area (Å²) >= 11 is 0. The van der Waals surface area contributed by atoms with Gasteiger partial charge in [0.05, 0.1) is 66.6 Å². The molecule has 0 radical (unpaired) electrons. The van der Waals surface area contributed by atoms with E-state index in [1.165, 1.54) is 67.2 Å². The number of methoxy groups -OCH3 is 4. The Labute approximate surface area is 365 Å². The number of nitrogens with zero attached hydrogens (tertiary/aromatic N) is 1. The molecular weight excluding hydrogens is 767 g/mol. The Morgan fingerprint density at radius 3 is 1.67 bits per heavy atom. The van der Waals surface area contributed by atoms with Crippen LogP contribution < -0.4 is 23.7 Å². The van der Waals surface area contributed by atoms with Crippen LogP contribution >= 0.6 is 0 Å². The number of benzene rings is 4. The van der Waals surface area contributed by atoms with E-state index in [1.54, 1.807) is 28.4 Å². The van der Waals surface area contributed by atoms with Gasteiger partial charge in [0.2, 0.25) is 0 Å². The smallest absolute Gasteiger partial charge is 0.160 e. The maximum Gasteiger partial charge on any atom is 0.160 e. The van der Waals surface area contributed by atoms with E-state index < -0.39 is 0 Å². The van der Waals surface area contributed by atoms with E-state index in [9.17, 15) is 0 Å². The fourth-order valence-corrected chi connectivity index (χ4v) is 8.98. The molecule has 0 spiro atoms. The Hall–Kier alpha value is -4.28. The molecule has 0 aromatic heterocycles. The average molecular weight is 838 g/mol. The lowest BCUT2D eigenvalue weighted by Gasteiger charge is -2.38. The van der Waals surface area contributed by atoms with Gasteiger partial charge in [0.1, 0.15) is 12.4 Å². The van der Waals surface area contributed by atoms with Crippen LogP contribution in [-0.2, 0) is 40.1 Å². The Balaban J connectivity index is 0.000000260. The molecule has 1 saturated heterocycles. The van der Waals surface area contributed by atoms with Crippen LogP contribution in [0.2, 0.25) is 0 Å². The largest absolute Gasteiger partial charge is 0.493 e. The molecule has 2 saturated carbocycles. The van der Waals surface area contributed by atoms with E-state index in [-0.39, 0.29) is 0 Å². The highest BCUT2D eigenvalue weighted by Gasteiger charge is 2.35. The van der Waals surface area contributed by atoms with Gasteiger partial charge in [-0.15, -0.1) is 0 Å². The predicted molar refractivity (Wildman–Crippen MR) is 243 cm³/mol. The third kappa shape index (κ3) is 14.4. The molecule has 4 unspecified atom stereocenters. The standard InChI is InChI=1S/C35H45NO5.C17H26O3/c1-37-34-17-14-28(24-35(34)38-2)20-23-40-33-11-7-6-10-32(33)36-21-18-31(25-36)39-22-19-27-12-15-30(16-13-27)41-26-29-8-4-3-5-9-29;1-13-6-4-5-7-15(13)20-11-10-14-8-9-16(18-2)17(12-14)19-3/h3-5,8-9,12-17,24,31-33H,6-7,10-11,18-23,25-26H2,1-2H3;8-9,12-13,15H,4-7,10-11H2,1-3H3/t31-,32?,33?;/m1./s1. The minimum absolute atomic E-state index is 0.297. The Bertz CT molecular complexity index is 1840. The maximum atomic E-state index is 6.50. The molecule has 3 fully saturated rings. The molecule has 5 atom stereocenters. The van der Waals surface area contributed by atoms with Crippen molar-refractivity contribution in [3.8, 4) is 28.7 Å². The van der Waals surface area contributed by atoms with E-state index in [0.717, 1.165) is 93.8 Å². The first-order chi connectivity index (χ1) is 30.0. The summed E-state index contributed by atoms with van der Waals surface area (Å²) in [7, 11) is 6.67. The first-order valence-electron chi connectivity index (χ1n) is 22.7. The van der Waals surface area contributed by atoms with Gasteiger partial charge < -0.3 is 37.9 Å². The van der Waals surface area contributed by atoms with Gasteiger partial charge >= 0.3 is 0 Å². The zero-order chi connectivity index (χ0) is 42.7. The Kier molecular flexibility index (Phi) is 18.9. The van der Waals surface area contributed by atoms with Gasteiger partial charge in [0.25, 0.3) is 0 Å². The molecule has 4 aromatic carbocycles. The molecule has 2 aliphatic carbocycles. The van der Waals surface area contributed by atoms with E-state index >= 15 is 0 Å². The van der Waals surface area contributed by atoms with Gasteiger partial charge in [-0.2, -0.15) is 0 Å². The molecule has 9 nitrogen and oxygen atoms in total. The summed E-state index contributed by atoms with van der Waals surface area (Å²) in [5, 5.41) is 0. The van der Waals surface area contributed by atoms with Crippen molar-refractivity contribution in [1.82, 2.24) is 4.90 Å². The molecule has 0 amide bonds. The van der Waals surface area contributed by atoms with Crippen molar-refractivity contribution in [2.24, 2.45) is 5.92 Å². The quantitative estimate of drug-likeness (QED) is 0.0865. The lowest BCUT2D eigenvalue weighted by Crippen LogP contribution is -2.46. The van der Waals surface area contributed by atoms with Crippen LogP contribution in [0.4, 0.5) is 0 Å². The molecule has 61 heavy (non-hydrogen) atoms. The van der Waals surface area contributed by atoms with Crippen LogP contribution in [0.1, 0.15) is 87.0 Å². The minimum atomic E-state index is 0.297. The predicted octanol–water partition coefficient (Wildman–Crippen LogP) is 10.3. The summed E-state index contributed by atoms with van der Waals surface area (Å²) in [6, 6.07) is 31.4. The number of rotatable bonds is 20. The number of hydrogen-bond acceptors (Lipinski definition) is 9. The van der Waals surface area contributed by atoms with Crippen molar-refractivity contribution >= 4 is 0 Å². The monoisotopic (exact) mass is 838 g/mol. The maximum absolute atomic E-state index is 6.50. The molecule has 4 aromatic rings. The lowest BCUT2D eigenvalue weighted by molar-refractivity contribution is -0.0343. The summed E-state index contributed by atoms with van der Waals surface area (Å²) < 4.78 is 46.2. The number of hydrogen-bond donors (Lipinski definition) is 0. The van der Waals surface area contributed by atoms with E-state index in [2.05, 4.69) is 66.4 Å². The second-order valence-corrected chi connectivity index (χ2v) is 16.8. The van der Waals surface area contributed by atoms with Crippen molar-refractivity contribution in [3.05, 3.63) is 113 Å². The highest BCUT2D eigenvalue weighted by atomic mass is 16.5. The number of likely N-dealkylation sites (tertiary alicyclic amines) is 1. The van der Waals surface area contributed by atoms with Crippen LogP contribution in [0.5, 0.6) is 28.7 Å². The summed E-state index contributed by atoms with van der Waals surface area (Å²) in [5.41, 5.74) is 4.89. The van der Waals surface area contributed by atoms with Gasteiger partial charge in [-0.25, -0.2) is 0 Å². The zero-order valence-electron chi connectivity index (χ0n) is 37.5. The molecule has 3 aliphatic rings. The molecule has 9 heteroatoms. The van der Waals surface area contributed by atoms with Crippen molar-refractivity contribution in [3.63, 3.8) is 0 Å². The van der Waals surface area contributed by atoms with Crippen LogP contribution in [-0.4, -0.2) is 90.6 Å². The summed E-state index contributed by atoms with van der Waals surface area (Å²) in [4.78, 5) is 2.63. The second-order valence-electron chi connectivity index (χ2n) is 16.8. The van der Waals surface area contributed by atoms with Crippen molar-refractivity contribution in [2.45, 2.75) is 115 Å². The molecule has 1 aliphatic heterocycles. The molecule has 0 bridgehead atoms. The molecule has 7 rings (SSSR count). The van der Waals surface area contributed by atoms with E-state index in [0.29, 0.717) is 36.9 Å². The van der Waals surface area contributed by atoms with E-state index in [1.807, 2.05) is 36.4 Å². The van der Waals surface area contributed by atoms with Gasteiger partial charge in [-0.05, 0) is 116 Å². The lowest BCUT2D eigenvalue weighted by atomic mass is 9.88. The van der Waals surface area contributed by atoms with Gasteiger partial charge in [0.15, 0.2) is 23.0 Å². The zero-order valence-corrected chi connectivity index (χ0v) is 37.5. The van der Waals surface area contributed by atoms with Crippen LogP contribution in [0.15, 0.2) is 91.0 Å². The molecule has 332 valence electrons. The summed E-state index contributed by atoms with van der Waals surface area (Å²) in [6.07, 6.45) is 14.9. The second kappa shape index (κ2) is 25.0. The van der Waals surface area contributed by atoms with Crippen LogP contribution in [0.25, 0.3) is 0 Å². The molecule has 0 N–H and O–H groups in total. The van der Waals surface area contributed by atoms with Gasteiger partial charge in [-0.1, -0.05) is 87.2 Å². The fraction of sp³-hybridized carbons (Fsp3) is 0.538. The third-order valence-electron chi connectivity index (χ3n) is 12.6.